The standard InChI is InChI=1S/C18H20N2O3/c1-11-9-15(14-5-3-4-6-16(14)19-11)18(22)23-10-17(21)20-12(2)13-7-8-13/h3-6,9,12-13H,7-8,10H2,1-2H3,(H,20,21)/t12-/m0/s1. The summed E-state index contributed by atoms with van der Waals surface area (Å²) in [7, 11) is 0. The van der Waals surface area contributed by atoms with E-state index in [0.717, 1.165) is 29.4 Å². The fourth-order valence-electron chi connectivity index (χ4n) is 2.70. The molecule has 0 aliphatic heterocycles. The van der Waals surface area contributed by atoms with Crippen LogP contribution < -0.4 is 5.32 Å². The van der Waals surface area contributed by atoms with Gasteiger partial charge in [-0.2, -0.15) is 0 Å². The highest BCUT2D eigenvalue weighted by Crippen LogP contribution is 2.32. The Kier molecular flexibility index (Phi) is 4.28. The van der Waals surface area contributed by atoms with Gasteiger partial charge in [0.1, 0.15) is 0 Å². The van der Waals surface area contributed by atoms with Crippen molar-refractivity contribution < 1.29 is 14.3 Å². The molecule has 1 aliphatic carbocycles. The highest BCUT2D eigenvalue weighted by molar-refractivity contribution is 6.04. The fraction of sp³-hybridized carbons (Fsp3) is 0.389. The summed E-state index contributed by atoms with van der Waals surface area (Å²) in [4.78, 5) is 28.6. The van der Waals surface area contributed by atoms with Gasteiger partial charge in [-0.1, -0.05) is 18.2 Å². The Hall–Kier alpha value is -2.43. The number of pyridine rings is 1. The van der Waals surface area contributed by atoms with Crippen LogP contribution in [0.4, 0.5) is 0 Å². The first-order chi connectivity index (χ1) is 11.0. The van der Waals surface area contributed by atoms with Gasteiger partial charge in [0.2, 0.25) is 0 Å². The number of nitrogens with one attached hydrogen (secondary N) is 1. The second kappa shape index (κ2) is 6.36. The van der Waals surface area contributed by atoms with E-state index in [9.17, 15) is 9.59 Å². The Morgan fingerprint density at radius 2 is 2.09 bits per heavy atom. The summed E-state index contributed by atoms with van der Waals surface area (Å²) in [6.45, 7) is 3.55. The van der Waals surface area contributed by atoms with Crippen LogP contribution in [0.2, 0.25) is 0 Å². The Labute approximate surface area is 135 Å². The third-order valence-electron chi connectivity index (χ3n) is 4.12. The molecular weight excluding hydrogens is 292 g/mol. The molecule has 1 fully saturated rings. The molecule has 5 heteroatoms. The number of esters is 1. The Morgan fingerprint density at radius 1 is 1.35 bits per heavy atom. The van der Waals surface area contributed by atoms with Crippen LogP contribution in [-0.4, -0.2) is 29.5 Å². The monoisotopic (exact) mass is 312 g/mol. The predicted molar refractivity (Wildman–Crippen MR) is 87.1 cm³/mol. The molecule has 0 spiro atoms. The molecule has 0 radical (unpaired) electrons. The number of hydrogen-bond acceptors (Lipinski definition) is 4. The number of para-hydroxylation sites is 1. The molecule has 3 rings (SSSR count). The Morgan fingerprint density at radius 3 is 2.83 bits per heavy atom. The van der Waals surface area contributed by atoms with E-state index in [4.69, 9.17) is 4.74 Å². The van der Waals surface area contributed by atoms with Gasteiger partial charge < -0.3 is 10.1 Å². The van der Waals surface area contributed by atoms with Crippen LogP contribution >= 0.6 is 0 Å². The van der Waals surface area contributed by atoms with Crippen molar-refractivity contribution in [3.8, 4) is 0 Å². The maximum atomic E-state index is 12.3. The van der Waals surface area contributed by atoms with Gasteiger partial charge in [0, 0.05) is 17.1 Å². The second-order valence-electron chi connectivity index (χ2n) is 6.10. The van der Waals surface area contributed by atoms with Gasteiger partial charge >= 0.3 is 5.97 Å². The lowest BCUT2D eigenvalue weighted by atomic mass is 10.1. The van der Waals surface area contributed by atoms with Crippen molar-refractivity contribution in [2.75, 3.05) is 6.61 Å². The highest BCUT2D eigenvalue weighted by atomic mass is 16.5. The average Bonchev–Trinajstić information content (AvgIpc) is 3.36. The maximum absolute atomic E-state index is 12.3. The minimum atomic E-state index is -0.499. The van der Waals surface area contributed by atoms with Gasteiger partial charge in [-0.05, 0) is 44.7 Å². The van der Waals surface area contributed by atoms with Crippen LogP contribution in [0.1, 0.15) is 35.8 Å². The molecule has 1 heterocycles. The second-order valence-corrected chi connectivity index (χ2v) is 6.10. The summed E-state index contributed by atoms with van der Waals surface area (Å²) in [5.41, 5.74) is 1.92. The number of nitrogens with zero attached hydrogens (tertiary/aromatic N) is 1. The van der Waals surface area contributed by atoms with Gasteiger partial charge in [-0.25, -0.2) is 4.79 Å². The molecule has 120 valence electrons. The van der Waals surface area contributed by atoms with Crippen LogP contribution in [0.25, 0.3) is 10.9 Å². The SMILES string of the molecule is Cc1cc(C(=O)OCC(=O)N[C@@H](C)C2CC2)c2ccccc2n1. The Bertz CT molecular complexity index is 753. The van der Waals surface area contributed by atoms with Crippen molar-refractivity contribution in [1.82, 2.24) is 10.3 Å². The molecule has 2 aromatic rings. The van der Waals surface area contributed by atoms with Gasteiger partial charge in [0.25, 0.3) is 5.91 Å². The molecular formula is C18H20N2O3. The Balaban J connectivity index is 1.67. The molecule has 1 N–H and O–H groups in total. The topological polar surface area (TPSA) is 68.3 Å². The van der Waals surface area contributed by atoms with Crippen LogP contribution in [-0.2, 0) is 9.53 Å². The molecule has 0 saturated heterocycles. The summed E-state index contributed by atoms with van der Waals surface area (Å²) in [6, 6.07) is 9.23. The average molecular weight is 312 g/mol. The number of carbonyl (C=O) groups excluding carboxylic acids is 2. The van der Waals surface area contributed by atoms with E-state index in [-0.39, 0.29) is 18.6 Å². The summed E-state index contributed by atoms with van der Waals surface area (Å²) in [6.07, 6.45) is 2.31. The van der Waals surface area contributed by atoms with Gasteiger partial charge in [-0.3, -0.25) is 9.78 Å². The molecule has 5 nitrogen and oxygen atoms in total. The predicted octanol–water partition coefficient (Wildman–Crippen LogP) is 2.61. The minimum absolute atomic E-state index is 0.144. The van der Waals surface area contributed by atoms with E-state index in [2.05, 4.69) is 10.3 Å². The number of rotatable bonds is 5. The lowest BCUT2D eigenvalue weighted by Crippen LogP contribution is -2.37. The molecule has 1 amide bonds. The summed E-state index contributed by atoms with van der Waals surface area (Å²) in [5.74, 6) is -0.185. The quantitative estimate of drug-likeness (QED) is 0.862. The summed E-state index contributed by atoms with van der Waals surface area (Å²) in [5, 5.41) is 3.60. The third kappa shape index (κ3) is 3.67. The van der Waals surface area contributed by atoms with Crippen LogP contribution in [0.3, 0.4) is 0 Å². The van der Waals surface area contributed by atoms with E-state index in [1.165, 1.54) is 0 Å². The minimum Gasteiger partial charge on any atom is -0.452 e. The molecule has 0 unspecified atom stereocenters. The molecule has 1 aliphatic rings. The summed E-state index contributed by atoms with van der Waals surface area (Å²) < 4.78 is 5.18. The number of hydrogen-bond donors (Lipinski definition) is 1. The van der Waals surface area contributed by atoms with E-state index < -0.39 is 5.97 Å². The first kappa shape index (κ1) is 15.5. The highest BCUT2D eigenvalue weighted by Gasteiger charge is 2.29. The number of aryl methyl sites for hydroxylation is 1. The number of benzene rings is 1. The molecule has 0 bridgehead atoms. The number of amides is 1. The van der Waals surface area contributed by atoms with Gasteiger partial charge in [0.15, 0.2) is 6.61 Å². The van der Waals surface area contributed by atoms with Crippen LogP contribution in [0.15, 0.2) is 30.3 Å². The molecule has 23 heavy (non-hydrogen) atoms. The van der Waals surface area contributed by atoms with Crippen molar-refractivity contribution in [3.63, 3.8) is 0 Å². The smallest absolute Gasteiger partial charge is 0.339 e. The lowest BCUT2D eigenvalue weighted by Gasteiger charge is -2.13. The molecule has 1 saturated carbocycles. The number of carbonyl (C=O) groups is 2. The van der Waals surface area contributed by atoms with Gasteiger partial charge in [0.05, 0.1) is 11.1 Å². The molecule has 1 atom stereocenters. The van der Waals surface area contributed by atoms with Crippen molar-refractivity contribution >= 4 is 22.8 Å². The van der Waals surface area contributed by atoms with Gasteiger partial charge in [-0.15, -0.1) is 0 Å². The van der Waals surface area contributed by atoms with Crippen molar-refractivity contribution in [3.05, 3.63) is 41.6 Å². The van der Waals surface area contributed by atoms with Crippen LogP contribution in [0, 0.1) is 12.8 Å². The number of ether oxygens (including phenoxy) is 1. The fourth-order valence-corrected chi connectivity index (χ4v) is 2.70. The zero-order valence-corrected chi connectivity index (χ0v) is 13.3. The molecule has 1 aromatic heterocycles. The lowest BCUT2D eigenvalue weighted by molar-refractivity contribution is -0.124. The van der Waals surface area contributed by atoms with E-state index in [0.29, 0.717) is 11.5 Å². The largest absolute Gasteiger partial charge is 0.452 e. The number of aromatic nitrogens is 1. The summed E-state index contributed by atoms with van der Waals surface area (Å²) >= 11 is 0. The van der Waals surface area contributed by atoms with Crippen molar-refractivity contribution in [2.45, 2.75) is 32.7 Å². The normalized spacial score (nSPS) is 15.2. The maximum Gasteiger partial charge on any atom is 0.339 e. The zero-order chi connectivity index (χ0) is 16.4. The number of fused-ring (bicyclic) bond motifs is 1. The first-order valence-corrected chi connectivity index (χ1v) is 7.87. The first-order valence-electron chi connectivity index (χ1n) is 7.87. The van der Waals surface area contributed by atoms with E-state index in [1.807, 2.05) is 38.1 Å². The van der Waals surface area contributed by atoms with Crippen LogP contribution in [0.5, 0.6) is 0 Å². The molecule has 1 aromatic carbocycles. The van der Waals surface area contributed by atoms with E-state index in [1.54, 1.807) is 6.07 Å². The van der Waals surface area contributed by atoms with Crippen molar-refractivity contribution in [1.29, 1.82) is 0 Å². The zero-order valence-electron chi connectivity index (χ0n) is 13.3. The van der Waals surface area contributed by atoms with Crippen molar-refractivity contribution in [2.24, 2.45) is 5.92 Å². The van der Waals surface area contributed by atoms with E-state index >= 15 is 0 Å². The third-order valence-corrected chi connectivity index (χ3v) is 4.12.